The molecule has 0 unspecified atom stereocenters. The molecule has 150 valence electrons. The van der Waals surface area contributed by atoms with Crippen molar-refractivity contribution in [2.24, 2.45) is 0 Å². The van der Waals surface area contributed by atoms with Crippen LogP contribution < -0.4 is 9.47 Å². The average molecular weight is 409 g/mol. The fraction of sp³-hybridized carbons (Fsp3) is 0.250. The van der Waals surface area contributed by atoms with Crippen LogP contribution in [0.4, 0.5) is 0 Å². The van der Waals surface area contributed by atoms with E-state index in [2.05, 4.69) is 13.8 Å². The quantitative estimate of drug-likeness (QED) is 0.334. The third-order valence-electron chi connectivity index (χ3n) is 4.35. The number of carbonyl (C=O) groups is 2. The fourth-order valence-electron chi connectivity index (χ4n) is 2.90. The number of ether oxygens (including phenoxy) is 2. The molecule has 0 atom stereocenters. The second-order valence-corrected chi connectivity index (χ2v) is 7.81. The van der Waals surface area contributed by atoms with E-state index in [0.717, 1.165) is 37.0 Å². The molecule has 0 saturated heterocycles. The van der Waals surface area contributed by atoms with Gasteiger partial charge in [-0.15, -0.1) is 11.3 Å². The Bertz CT molecular complexity index is 877. The summed E-state index contributed by atoms with van der Waals surface area (Å²) in [6.45, 7) is 4.24. The van der Waals surface area contributed by atoms with E-state index in [0.29, 0.717) is 21.3 Å². The van der Waals surface area contributed by atoms with Crippen molar-refractivity contribution in [3.63, 3.8) is 0 Å². The number of hydrogen-bond acceptors (Lipinski definition) is 5. The summed E-state index contributed by atoms with van der Waals surface area (Å²) in [5.41, 5.74) is 2.41. The maximum atomic E-state index is 12.4. The minimum Gasteiger partial charge on any atom is -0.422 e. The Labute approximate surface area is 175 Å². The van der Waals surface area contributed by atoms with Crippen molar-refractivity contribution in [2.45, 2.75) is 39.5 Å². The Balaban J connectivity index is 1.60. The van der Waals surface area contributed by atoms with E-state index in [9.17, 15) is 9.59 Å². The third kappa shape index (κ3) is 5.78. The molecule has 4 nitrogen and oxygen atoms in total. The van der Waals surface area contributed by atoms with Crippen LogP contribution in [0.2, 0.25) is 0 Å². The molecule has 5 heteroatoms. The lowest BCUT2D eigenvalue weighted by molar-refractivity contribution is 0.0732. The molecule has 0 radical (unpaired) electrons. The molecular formula is C24H24O4S. The second kappa shape index (κ2) is 10.0. The summed E-state index contributed by atoms with van der Waals surface area (Å²) in [7, 11) is 0. The SMILES string of the molecule is CCCc1ccc(OC(=O)c2ccc(C(=O)Oc3ccc(CCC)cc3)s2)cc1. The van der Waals surface area contributed by atoms with Crippen LogP contribution in [0.1, 0.15) is 57.2 Å². The number of rotatable bonds is 8. The Hall–Kier alpha value is -2.92. The summed E-state index contributed by atoms with van der Waals surface area (Å²) in [6.07, 6.45) is 4.12. The van der Waals surface area contributed by atoms with Crippen LogP contribution in [0.5, 0.6) is 11.5 Å². The topological polar surface area (TPSA) is 52.6 Å². The van der Waals surface area contributed by atoms with Gasteiger partial charge in [0.15, 0.2) is 0 Å². The monoisotopic (exact) mass is 408 g/mol. The van der Waals surface area contributed by atoms with Crippen LogP contribution in [0.25, 0.3) is 0 Å². The van der Waals surface area contributed by atoms with E-state index in [1.54, 1.807) is 36.4 Å². The van der Waals surface area contributed by atoms with Crippen molar-refractivity contribution in [3.05, 3.63) is 81.5 Å². The van der Waals surface area contributed by atoms with E-state index in [4.69, 9.17) is 9.47 Å². The highest BCUT2D eigenvalue weighted by atomic mass is 32.1. The van der Waals surface area contributed by atoms with Gasteiger partial charge in [0, 0.05) is 0 Å². The van der Waals surface area contributed by atoms with Crippen molar-refractivity contribution >= 4 is 23.3 Å². The van der Waals surface area contributed by atoms with Gasteiger partial charge in [-0.1, -0.05) is 51.0 Å². The molecule has 3 aromatic rings. The molecule has 1 aromatic heterocycles. The van der Waals surface area contributed by atoms with Gasteiger partial charge >= 0.3 is 11.9 Å². The van der Waals surface area contributed by atoms with Gasteiger partial charge in [0.05, 0.1) is 0 Å². The van der Waals surface area contributed by atoms with Gasteiger partial charge in [0.25, 0.3) is 0 Å². The molecular weight excluding hydrogens is 384 g/mol. The molecule has 1 heterocycles. The van der Waals surface area contributed by atoms with Gasteiger partial charge in [0.1, 0.15) is 21.3 Å². The van der Waals surface area contributed by atoms with Gasteiger partial charge in [-0.3, -0.25) is 0 Å². The highest BCUT2D eigenvalue weighted by molar-refractivity contribution is 7.15. The van der Waals surface area contributed by atoms with Crippen LogP contribution in [0, 0.1) is 0 Å². The second-order valence-electron chi connectivity index (χ2n) is 6.73. The summed E-state index contributed by atoms with van der Waals surface area (Å²) in [5.74, 6) is 0.00140. The van der Waals surface area contributed by atoms with Crippen molar-refractivity contribution < 1.29 is 19.1 Å². The fourth-order valence-corrected chi connectivity index (χ4v) is 3.66. The molecule has 0 spiro atoms. The van der Waals surface area contributed by atoms with E-state index < -0.39 is 11.9 Å². The van der Waals surface area contributed by atoms with Crippen molar-refractivity contribution in [1.29, 1.82) is 0 Å². The summed E-state index contributed by atoms with van der Waals surface area (Å²) in [4.78, 5) is 25.4. The van der Waals surface area contributed by atoms with Gasteiger partial charge in [-0.2, -0.15) is 0 Å². The third-order valence-corrected chi connectivity index (χ3v) is 5.40. The predicted molar refractivity (Wildman–Crippen MR) is 115 cm³/mol. The highest BCUT2D eigenvalue weighted by Gasteiger charge is 2.17. The van der Waals surface area contributed by atoms with Crippen LogP contribution in [-0.4, -0.2) is 11.9 Å². The molecule has 2 aromatic carbocycles. The van der Waals surface area contributed by atoms with Crippen LogP contribution >= 0.6 is 11.3 Å². The number of hydrogen-bond donors (Lipinski definition) is 0. The Kier molecular flexibility index (Phi) is 7.19. The first-order chi connectivity index (χ1) is 14.1. The first kappa shape index (κ1) is 20.8. The van der Waals surface area contributed by atoms with E-state index in [-0.39, 0.29) is 0 Å². The minimum atomic E-state index is -0.485. The summed E-state index contributed by atoms with van der Waals surface area (Å²) < 4.78 is 10.8. The Morgan fingerprint density at radius 1 is 0.655 bits per heavy atom. The molecule has 0 N–H and O–H groups in total. The lowest BCUT2D eigenvalue weighted by atomic mass is 10.1. The molecule has 0 aliphatic heterocycles. The van der Waals surface area contributed by atoms with Crippen molar-refractivity contribution in [2.75, 3.05) is 0 Å². The minimum absolute atomic E-state index is 0.355. The number of aryl methyl sites for hydroxylation is 2. The van der Waals surface area contributed by atoms with Crippen LogP contribution in [-0.2, 0) is 12.8 Å². The first-order valence-electron chi connectivity index (χ1n) is 9.81. The molecule has 0 bridgehead atoms. The molecule has 3 rings (SSSR count). The van der Waals surface area contributed by atoms with Gasteiger partial charge in [0.2, 0.25) is 0 Å². The number of thiophene rings is 1. The highest BCUT2D eigenvalue weighted by Crippen LogP contribution is 2.22. The Morgan fingerprint density at radius 3 is 1.38 bits per heavy atom. The van der Waals surface area contributed by atoms with E-state index in [1.807, 2.05) is 24.3 Å². The lowest BCUT2D eigenvalue weighted by Crippen LogP contribution is -2.07. The molecule has 0 saturated carbocycles. The summed E-state index contributed by atoms with van der Waals surface area (Å²) in [5, 5.41) is 0. The number of carbonyl (C=O) groups excluding carboxylic acids is 2. The summed E-state index contributed by atoms with van der Waals surface area (Å²) >= 11 is 1.06. The zero-order valence-corrected chi connectivity index (χ0v) is 17.5. The Morgan fingerprint density at radius 2 is 1.03 bits per heavy atom. The number of benzene rings is 2. The summed E-state index contributed by atoms with van der Waals surface area (Å²) in [6, 6.07) is 18.1. The number of esters is 2. The van der Waals surface area contributed by atoms with Crippen molar-refractivity contribution in [1.82, 2.24) is 0 Å². The first-order valence-corrected chi connectivity index (χ1v) is 10.6. The largest absolute Gasteiger partial charge is 0.422 e. The lowest BCUT2D eigenvalue weighted by Gasteiger charge is -2.05. The zero-order valence-electron chi connectivity index (χ0n) is 16.6. The van der Waals surface area contributed by atoms with Gasteiger partial charge in [-0.05, 0) is 60.4 Å². The van der Waals surface area contributed by atoms with E-state index in [1.165, 1.54) is 11.1 Å². The van der Waals surface area contributed by atoms with Gasteiger partial charge in [-0.25, -0.2) is 9.59 Å². The maximum Gasteiger partial charge on any atom is 0.353 e. The van der Waals surface area contributed by atoms with Crippen LogP contribution in [0.3, 0.4) is 0 Å². The molecule has 0 amide bonds. The average Bonchev–Trinajstić information content (AvgIpc) is 3.22. The predicted octanol–water partition coefficient (Wildman–Crippen LogP) is 6.09. The zero-order chi connectivity index (χ0) is 20.6. The van der Waals surface area contributed by atoms with E-state index >= 15 is 0 Å². The normalized spacial score (nSPS) is 10.6. The van der Waals surface area contributed by atoms with Gasteiger partial charge < -0.3 is 9.47 Å². The van der Waals surface area contributed by atoms with Crippen LogP contribution in [0.15, 0.2) is 60.7 Å². The maximum absolute atomic E-state index is 12.4. The van der Waals surface area contributed by atoms with Crippen molar-refractivity contribution in [3.8, 4) is 11.5 Å². The smallest absolute Gasteiger partial charge is 0.353 e. The molecule has 0 aliphatic rings. The standard InChI is InChI=1S/C24H24O4S/c1-3-5-17-7-11-19(12-8-17)27-23(25)21-15-16-22(29-21)24(26)28-20-13-9-18(6-4-2)10-14-20/h7-16H,3-6H2,1-2H3. The molecule has 0 aliphatic carbocycles. The molecule has 29 heavy (non-hydrogen) atoms. The molecule has 0 fully saturated rings.